The Morgan fingerprint density at radius 3 is 3.10 bits per heavy atom. The van der Waals surface area contributed by atoms with Gasteiger partial charge in [-0.25, -0.2) is 0 Å². The number of nitrogens with one attached hydrogen (secondary N) is 2. The number of carbonyl (C=O) groups is 1. The molecule has 0 saturated carbocycles. The highest BCUT2D eigenvalue weighted by Crippen LogP contribution is 2.06. The average molecular weight is 144 g/mol. The molecule has 1 saturated heterocycles. The number of rotatable bonds is 3. The Morgan fingerprint density at radius 2 is 2.50 bits per heavy atom. The molecular weight excluding hydrogens is 132 g/mol. The fraction of sp³-hybridized carbons (Fsp3) is 0.833. The van der Waals surface area contributed by atoms with Gasteiger partial charge in [0.1, 0.15) is 0 Å². The molecule has 1 amide bonds. The summed E-state index contributed by atoms with van der Waals surface area (Å²) in [7, 11) is 0. The van der Waals surface area contributed by atoms with Crippen LogP contribution in [0.2, 0.25) is 0 Å². The molecule has 0 spiro atoms. The summed E-state index contributed by atoms with van der Waals surface area (Å²) in [4.78, 5) is 10.0. The first-order chi connectivity index (χ1) is 4.88. The summed E-state index contributed by atoms with van der Waals surface area (Å²) in [6.45, 7) is 1.70. The lowest BCUT2D eigenvalue weighted by Gasteiger charge is -2.13. The van der Waals surface area contributed by atoms with Gasteiger partial charge >= 0.3 is 0 Å². The van der Waals surface area contributed by atoms with Gasteiger partial charge in [-0.05, 0) is 0 Å². The van der Waals surface area contributed by atoms with Crippen molar-refractivity contribution in [1.82, 2.24) is 10.6 Å². The highest BCUT2D eigenvalue weighted by molar-refractivity contribution is 5.47. The maximum atomic E-state index is 10.0. The van der Waals surface area contributed by atoms with Crippen LogP contribution >= 0.6 is 0 Å². The number of amides is 1. The quantitative estimate of drug-likeness (QED) is 0.414. The molecule has 0 radical (unpaired) electrons. The highest BCUT2D eigenvalue weighted by atomic mass is 16.3. The summed E-state index contributed by atoms with van der Waals surface area (Å²) in [6.07, 6.45) is 0.681. The predicted molar refractivity (Wildman–Crippen MR) is 36.4 cm³/mol. The van der Waals surface area contributed by atoms with Crippen LogP contribution in [-0.2, 0) is 4.79 Å². The van der Waals surface area contributed by atoms with Crippen molar-refractivity contribution < 1.29 is 9.90 Å². The second kappa shape index (κ2) is 3.53. The van der Waals surface area contributed by atoms with E-state index in [1.54, 1.807) is 0 Å². The zero-order valence-corrected chi connectivity index (χ0v) is 5.71. The van der Waals surface area contributed by atoms with E-state index in [1.165, 1.54) is 0 Å². The van der Waals surface area contributed by atoms with Crippen LogP contribution in [-0.4, -0.2) is 37.3 Å². The van der Waals surface area contributed by atoms with Crippen molar-refractivity contribution in [3.8, 4) is 0 Å². The van der Waals surface area contributed by atoms with E-state index in [0.717, 1.165) is 13.1 Å². The molecule has 10 heavy (non-hydrogen) atoms. The highest BCUT2D eigenvalue weighted by Gasteiger charge is 2.25. The van der Waals surface area contributed by atoms with Gasteiger partial charge < -0.3 is 15.7 Å². The molecule has 1 fully saturated rings. The summed E-state index contributed by atoms with van der Waals surface area (Å²) in [5.74, 6) is 0.185. The first-order valence-corrected chi connectivity index (χ1v) is 3.39. The van der Waals surface area contributed by atoms with Crippen molar-refractivity contribution in [2.45, 2.75) is 6.04 Å². The fourth-order valence-corrected chi connectivity index (χ4v) is 1.21. The van der Waals surface area contributed by atoms with Gasteiger partial charge in [-0.2, -0.15) is 0 Å². The van der Waals surface area contributed by atoms with E-state index in [9.17, 15) is 4.79 Å². The Kier molecular flexibility index (Phi) is 2.65. The van der Waals surface area contributed by atoms with Gasteiger partial charge in [-0.3, -0.25) is 4.79 Å². The normalized spacial score (nSPS) is 32.1. The van der Waals surface area contributed by atoms with Gasteiger partial charge in [0.15, 0.2) is 0 Å². The second-order valence-electron chi connectivity index (χ2n) is 2.49. The summed E-state index contributed by atoms with van der Waals surface area (Å²) in [5, 5.41) is 14.5. The predicted octanol–water partition coefficient (Wildman–Crippen LogP) is -1.69. The fourth-order valence-electron chi connectivity index (χ4n) is 1.21. The molecule has 0 aromatic heterocycles. The van der Waals surface area contributed by atoms with Crippen LogP contribution in [0.4, 0.5) is 0 Å². The smallest absolute Gasteiger partial charge is 0.207 e. The molecule has 0 aromatic rings. The van der Waals surface area contributed by atoms with E-state index in [2.05, 4.69) is 10.6 Å². The number of aliphatic hydroxyl groups is 1. The number of hydrogen-bond acceptors (Lipinski definition) is 3. The minimum Gasteiger partial charge on any atom is -0.396 e. The maximum absolute atomic E-state index is 10.0. The van der Waals surface area contributed by atoms with E-state index in [-0.39, 0.29) is 18.6 Å². The Morgan fingerprint density at radius 1 is 1.70 bits per heavy atom. The minimum atomic E-state index is 0.113. The van der Waals surface area contributed by atoms with Crippen LogP contribution in [0.3, 0.4) is 0 Å². The van der Waals surface area contributed by atoms with Crippen molar-refractivity contribution in [1.29, 1.82) is 0 Å². The van der Waals surface area contributed by atoms with E-state index >= 15 is 0 Å². The Labute approximate surface area is 59.6 Å². The first-order valence-electron chi connectivity index (χ1n) is 3.39. The Balaban J connectivity index is 2.34. The van der Waals surface area contributed by atoms with Gasteiger partial charge in [0.2, 0.25) is 6.41 Å². The lowest BCUT2D eigenvalue weighted by Crippen LogP contribution is -2.36. The average Bonchev–Trinajstić information content (AvgIpc) is 2.36. The van der Waals surface area contributed by atoms with Gasteiger partial charge in [0, 0.05) is 31.7 Å². The molecule has 3 N–H and O–H groups in total. The van der Waals surface area contributed by atoms with E-state index in [0.29, 0.717) is 6.41 Å². The van der Waals surface area contributed by atoms with Gasteiger partial charge in [0.05, 0.1) is 0 Å². The summed E-state index contributed by atoms with van der Waals surface area (Å²) in [6, 6.07) is 0.113. The number of aliphatic hydroxyl groups excluding tert-OH is 1. The van der Waals surface area contributed by atoms with E-state index < -0.39 is 0 Å². The molecule has 1 aliphatic rings. The molecule has 4 nitrogen and oxygen atoms in total. The summed E-state index contributed by atoms with van der Waals surface area (Å²) in [5.41, 5.74) is 0. The molecule has 58 valence electrons. The Hall–Kier alpha value is -0.610. The molecular formula is C6H12N2O2. The van der Waals surface area contributed by atoms with Crippen molar-refractivity contribution in [3.63, 3.8) is 0 Å². The molecule has 2 atom stereocenters. The van der Waals surface area contributed by atoms with Crippen molar-refractivity contribution in [3.05, 3.63) is 0 Å². The third-order valence-corrected chi connectivity index (χ3v) is 1.86. The summed E-state index contributed by atoms with van der Waals surface area (Å²) >= 11 is 0. The second-order valence-corrected chi connectivity index (χ2v) is 2.49. The molecule has 1 rings (SSSR count). The molecule has 0 aliphatic carbocycles. The van der Waals surface area contributed by atoms with Crippen molar-refractivity contribution >= 4 is 6.41 Å². The molecule has 1 heterocycles. The third-order valence-electron chi connectivity index (χ3n) is 1.86. The largest absolute Gasteiger partial charge is 0.396 e. The lowest BCUT2D eigenvalue weighted by atomic mass is 10.1. The van der Waals surface area contributed by atoms with Gasteiger partial charge in [-0.1, -0.05) is 0 Å². The third kappa shape index (κ3) is 1.46. The maximum Gasteiger partial charge on any atom is 0.207 e. The number of hydrogen-bond donors (Lipinski definition) is 3. The van der Waals surface area contributed by atoms with E-state index in [1.807, 2.05) is 0 Å². The zero-order valence-electron chi connectivity index (χ0n) is 5.71. The molecule has 1 aliphatic heterocycles. The first kappa shape index (κ1) is 7.50. The number of carbonyl (C=O) groups excluding carboxylic acids is 1. The van der Waals surface area contributed by atoms with Crippen LogP contribution in [0.5, 0.6) is 0 Å². The molecule has 0 aromatic carbocycles. The lowest BCUT2D eigenvalue weighted by molar-refractivity contribution is -0.110. The molecule has 4 heteroatoms. The standard InChI is InChI=1S/C6H12N2O2/c9-3-5-1-7-2-6(5)8-4-10/h4-7,9H,1-3H2,(H,8,10)/t5-,6?/m1/s1. The van der Waals surface area contributed by atoms with Crippen LogP contribution < -0.4 is 10.6 Å². The van der Waals surface area contributed by atoms with Crippen LogP contribution in [0.1, 0.15) is 0 Å². The van der Waals surface area contributed by atoms with Crippen LogP contribution in [0.15, 0.2) is 0 Å². The van der Waals surface area contributed by atoms with Crippen LogP contribution in [0.25, 0.3) is 0 Å². The molecule has 1 unspecified atom stereocenters. The SMILES string of the molecule is O=CNC1CNC[C@@H]1CO. The van der Waals surface area contributed by atoms with Crippen LogP contribution in [0, 0.1) is 5.92 Å². The molecule has 0 bridgehead atoms. The Bertz CT molecular complexity index is 118. The van der Waals surface area contributed by atoms with Gasteiger partial charge in [-0.15, -0.1) is 0 Å². The van der Waals surface area contributed by atoms with Gasteiger partial charge in [0.25, 0.3) is 0 Å². The van der Waals surface area contributed by atoms with Crippen molar-refractivity contribution in [2.75, 3.05) is 19.7 Å². The monoisotopic (exact) mass is 144 g/mol. The topological polar surface area (TPSA) is 61.4 Å². The minimum absolute atomic E-state index is 0.113. The van der Waals surface area contributed by atoms with Crippen molar-refractivity contribution in [2.24, 2.45) is 5.92 Å². The summed E-state index contributed by atoms with van der Waals surface area (Å²) < 4.78 is 0. The zero-order chi connectivity index (χ0) is 7.40. The van der Waals surface area contributed by atoms with E-state index in [4.69, 9.17) is 5.11 Å².